The van der Waals surface area contributed by atoms with E-state index in [1.54, 1.807) is 36.0 Å². The molecule has 0 saturated heterocycles. The van der Waals surface area contributed by atoms with Crippen LogP contribution in [0.15, 0.2) is 33.6 Å². The van der Waals surface area contributed by atoms with Gasteiger partial charge in [0.15, 0.2) is 0 Å². The van der Waals surface area contributed by atoms with E-state index in [-0.39, 0.29) is 11.5 Å². The van der Waals surface area contributed by atoms with Gasteiger partial charge in [-0.15, -0.1) is 0 Å². The summed E-state index contributed by atoms with van der Waals surface area (Å²) in [5, 5.41) is 8.59. The monoisotopic (exact) mass is 353 g/mol. The summed E-state index contributed by atoms with van der Waals surface area (Å²) in [6.45, 7) is 0.576. The Labute approximate surface area is 120 Å². The maximum Gasteiger partial charge on any atom is 0.240 e. The molecule has 0 radical (unpaired) electrons. The largest absolute Gasteiger partial charge is 0.396 e. The van der Waals surface area contributed by atoms with Crippen molar-refractivity contribution in [2.45, 2.75) is 11.3 Å². The number of nitrogens with one attached hydrogen (secondary N) is 1. The first kappa shape index (κ1) is 16.0. The van der Waals surface area contributed by atoms with Crippen molar-refractivity contribution >= 4 is 37.7 Å². The molecule has 0 saturated carbocycles. The van der Waals surface area contributed by atoms with Gasteiger partial charge in [0.1, 0.15) is 0 Å². The number of sulfonamides is 1. The normalized spacial score (nSPS) is 11.7. The predicted molar refractivity (Wildman–Crippen MR) is 78.4 cm³/mol. The molecule has 0 fully saturated rings. The molecule has 1 aromatic rings. The van der Waals surface area contributed by atoms with E-state index in [4.69, 9.17) is 5.11 Å². The molecular formula is C11H16BrNO3S2. The van der Waals surface area contributed by atoms with Gasteiger partial charge in [-0.1, -0.05) is 15.9 Å². The van der Waals surface area contributed by atoms with E-state index in [2.05, 4.69) is 20.7 Å². The fraction of sp³-hybridized carbons (Fsp3) is 0.455. The molecule has 0 amide bonds. The van der Waals surface area contributed by atoms with Gasteiger partial charge in [0.2, 0.25) is 10.0 Å². The van der Waals surface area contributed by atoms with Gasteiger partial charge in [0, 0.05) is 23.4 Å². The van der Waals surface area contributed by atoms with Crippen LogP contribution in [-0.2, 0) is 10.0 Å². The van der Waals surface area contributed by atoms with E-state index in [0.717, 1.165) is 16.6 Å². The summed E-state index contributed by atoms with van der Waals surface area (Å²) >= 11 is 4.88. The maximum absolute atomic E-state index is 11.9. The van der Waals surface area contributed by atoms with Crippen LogP contribution < -0.4 is 4.72 Å². The zero-order valence-electron chi connectivity index (χ0n) is 9.80. The summed E-state index contributed by atoms with van der Waals surface area (Å²) in [6, 6.07) is 6.52. The lowest BCUT2D eigenvalue weighted by atomic mass is 10.4. The van der Waals surface area contributed by atoms with Gasteiger partial charge in [0.05, 0.1) is 4.90 Å². The van der Waals surface area contributed by atoms with E-state index in [1.807, 2.05) is 0 Å². The molecular weight excluding hydrogens is 338 g/mol. The molecule has 0 atom stereocenters. The molecule has 7 heteroatoms. The average Bonchev–Trinajstić information content (AvgIpc) is 2.34. The summed E-state index contributed by atoms with van der Waals surface area (Å²) in [7, 11) is -3.40. The average molecular weight is 354 g/mol. The molecule has 4 nitrogen and oxygen atoms in total. The van der Waals surface area contributed by atoms with Gasteiger partial charge in [0.25, 0.3) is 0 Å². The fourth-order valence-corrected chi connectivity index (χ4v) is 3.42. The Kier molecular flexibility index (Phi) is 7.25. The first-order valence-corrected chi connectivity index (χ1v) is 8.93. The van der Waals surface area contributed by atoms with Crippen LogP contribution in [0.3, 0.4) is 0 Å². The number of hydrogen-bond donors (Lipinski definition) is 2. The SMILES string of the molecule is O=S(=O)(NCCSCCCO)c1ccc(Br)cc1. The van der Waals surface area contributed by atoms with Gasteiger partial charge < -0.3 is 5.11 Å². The molecule has 0 spiro atoms. The Bertz CT molecular complexity index is 448. The number of halogens is 1. The zero-order valence-corrected chi connectivity index (χ0v) is 13.0. The summed E-state index contributed by atoms with van der Waals surface area (Å²) in [4.78, 5) is 0.269. The molecule has 0 aliphatic rings. The predicted octanol–water partition coefficient (Wildman–Crippen LogP) is 1.84. The quantitative estimate of drug-likeness (QED) is 0.700. The molecule has 102 valence electrons. The topological polar surface area (TPSA) is 66.4 Å². The second kappa shape index (κ2) is 8.16. The molecule has 0 aliphatic heterocycles. The van der Waals surface area contributed by atoms with E-state index in [0.29, 0.717) is 12.3 Å². The smallest absolute Gasteiger partial charge is 0.240 e. The van der Waals surface area contributed by atoms with Crippen LogP contribution >= 0.6 is 27.7 Å². The van der Waals surface area contributed by atoms with Crippen molar-refractivity contribution in [3.05, 3.63) is 28.7 Å². The third-order valence-electron chi connectivity index (χ3n) is 2.11. The van der Waals surface area contributed by atoms with Crippen molar-refractivity contribution in [1.82, 2.24) is 4.72 Å². The summed E-state index contributed by atoms with van der Waals surface area (Å²) in [5.41, 5.74) is 0. The van der Waals surface area contributed by atoms with Gasteiger partial charge in [-0.3, -0.25) is 0 Å². The van der Waals surface area contributed by atoms with Crippen LogP contribution in [0.2, 0.25) is 0 Å². The molecule has 0 aliphatic carbocycles. The van der Waals surface area contributed by atoms with E-state index < -0.39 is 10.0 Å². The number of thioether (sulfide) groups is 1. The van der Waals surface area contributed by atoms with Crippen molar-refractivity contribution in [1.29, 1.82) is 0 Å². The van der Waals surface area contributed by atoms with Crippen LogP contribution in [0.1, 0.15) is 6.42 Å². The van der Waals surface area contributed by atoms with Crippen LogP contribution in [0.4, 0.5) is 0 Å². The van der Waals surface area contributed by atoms with Crippen molar-refractivity contribution < 1.29 is 13.5 Å². The molecule has 2 N–H and O–H groups in total. The Morgan fingerprint density at radius 2 is 1.89 bits per heavy atom. The molecule has 0 unspecified atom stereocenters. The lowest BCUT2D eigenvalue weighted by Crippen LogP contribution is -2.26. The number of aliphatic hydroxyl groups is 1. The molecule has 0 bridgehead atoms. The molecule has 0 heterocycles. The molecule has 18 heavy (non-hydrogen) atoms. The van der Waals surface area contributed by atoms with Crippen LogP contribution in [-0.4, -0.2) is 38.2 Å². The third-order valence-corrected chi connectivity index (χ3v) is 5.18. The molecule has 1 aromatic carbocycles. The van der Waals surface area contributed by atoms with Gasteiger partial charge in [-0.2, -0.15) is 11.8 Å². The second-order valence-electron chi connectivity index (χ2n) is 3.54. The van der Waals surface area contributed by atoms with Gasteiger partial charge in [-0.25, -0.2) is 13.1 Å². The summed E-state index contributed by atoms with van der Waals surface area (Å²) in [6.07, 6.45) is 0.740. The van der Waals surface area contributed by atoms with E-state index in [1.165, 1.54) is 0 Å². The van der Waals surface area contributed by atoms with E-state index in [9.17, 15) is 8.42 Å². The van der Waals surface area contributed by atoms with Crippen molar-refractivity contribution in [3.8, 4) is 0 Å². The summed E-state index contributed by atoms with van der Waals surface area (Å²) < 4.78 is 27.1. The number of benzene rings is 1. The summed E-state index contributed by atoms with van der Waals surface area (Å²) in [5.74, 6) is 1.55. The molecule has 0 aromatic heterocycles. The minimum absolute atomic E-state index is 0.178. The Hall–Kier alpha value is -0.0800. The Morgan fingerprint density at radius 3 is 2.50 bits per heavy atom. The van der Waals surface area contributed by atoms with Crippen molar-refractivity contribution in [2.24, 2.45) is 0 Å². The Morgan fingerprint density at radius 1 is 1.22 bits per heavy atom. The minimum Gasteiger partial charge on any atom is -0.396 e. The standard InChI is InChI=1S/C11H16BrNO3S2/c12-10-2-4-11(5-3-10)18(15,16)13-6-9-17-8-1-7-14/h2-5,13-14H,1,6-9H2. The second-order valence-corrected chi connectivity index (χ2v) is 7.45. The van der Waals surface area contributed by atoms with Crippen molar-refractivity contribution in [2.75, 3.05) is 24.7 Å². The van der Waals surface area contributed by atoms with Gasteiger partial charge >= 0.3 is 0 Å². The fourth-order valence-electron chi connectivity index (χ4n) is 1.21. The number of rotatable bonds is 8. The maximum atomic E-state index is 11.9. The lowest BCUT2D eigenvalue weighted by molar-refractivity contribution is 0.296. The molecule has 1 rings (SSSR count). The first-order valence-electron chi connectivity index (χ1n) is 5.50. The third kappa shape index (κ3) is 5.71. The lowest BCUT2D eigenvalue weighted by Gasteiger charge is -2.06. The number of aliphatic hydroxyl groups excluding tert-OH is 1. The van der Waals surface area contributed by atoms with Crippen LogP contribution in [0, 0.1) is 0 Å². The highest BCUT2D eigenvalue weighted by atomic mass is 79.9. The highest BCUT2D eigenvalue weighted by molar-refractivity contribution is 9.10. The first-order chi connectivity index (χ1) is 8.56. The van der Waals surface area contributed by atoms with E-state index >= 15 is 0 Å². The van der Waals surface area contributed by atoms with Crippen molar-refractivity contribution in [3.63, 3.8) is 0 Å². The number of hydrogen-bond acceptors (Lipinski definition) is 4. The highest BCUT2D eigenvalue weighted by Crippen LogP contribution is 2.14. The highest BCUT2D eigenvalue weighted by Gasteiger charge is 2.12. The minimum atomic E-state index is -3.40. The Balaban J connectivity index is 2.38. The van der Waals surface area contributed by atoms with Gasteiger partial charge in [-0.05, 0) is 36.4 Å². The zero-order chi connectivity index (χ0) is 13.4. The van der Waals surface area contributed by atoms with Crippen LogP contribution in [0.5, 0.6) is 0 Å². The van der Waals surface area contributed by atoms with Crippen LogP contribution in [0.25, 0.3) is 0 Å².